The van der Waals surface area contributed by atoms with Crippen LogP contribution in [-0.4, -0.2) is 41.5 Å². The van der Waals surface area contributed by atoms with Gasteiger partial charge in [-0.3, -0.25) is 9.59 Å². The van der Waals surface area contributed by atoms with E-state index in [9.17, 15) is 14.0 Å². The predicted octanol–water partition coefficient (Wildman–Crippen LogP) is 1.98. The maximum Gasteiger partial charge on any atom is 0.307 e. The van der Waals surface area contributed by atoms with Gasteiger partial charge < -0.3 is 15.3 Å². The summed E-state index contributed by atoms with van der Waals surface area (Å²) in [5.74, 6) is -1.60. The Labute approximate surface area is 128 Å². The van der Waals surface area contributed by atoms with Gasteiger partial charge in [0, 0.05) is 25.2 Å². The third-order valence-corrected chi connectivity index (χ3v) is 3.40. The van der Waals surface area contributed by atoms with Crippen molar-refractivity contribution in [2.75, 3.05) is 25.0 Å². The molecular formula is C14H18ClFN2O3. The number of carboxylic acids is 1. The smallest absolute Gasteiger partial charge is 0.307 e. The Morgan fingerprint density at radius 2 is 2.00 bits per heavy atom. The first-order valence-corrected chi connectivity index (χ1v) is 6.55. The van der Waals surface area contributed by atoms with E-state index in [1.807, 2.05) is 4.90 Å². The van der Waals surface area contributed by atoms with Crippen LogP contribution in [-0.2, 0) is 9.59 Å². The Bertz CT molecular complexity index is 495. The minimum absolute atomic E-state index is 0. The maximum absolute atomic E-state index is 12.7. The van der Waals surface area contributed by atoms with E-state index in [0.29, 0.717) is 38.2 Å². The van der Waals surface area contributed by atoms with Crippen LogP contribution in [0.5, 0.6) is 0 Å². The lowest BCUT2D eigenvalue weighted by atomic mass is 10.1. The fourth-order valence-corrected chi connectivity index (χ4v) is 2.25. The minimum atomic E-state index is -0.775. The van der Waals surface area contributed by atoms with Crippen molar-refractivity contribution >= 4 is 30.0 Å². The first-order chi connectivity index (χ1) is 9.54. The van der Waals surface area contributed by atoms with E-state index in [1.54, 1.807) is 0 Å². The minimum Gasteiger partial charge on any atom is -0.481 e. The van der Waals surface area contributed by atoms with E-state index in [1.165, 1.54) is 24.3 Å². The number of rotatable bonds is 5. The molecule has 1 aromatic carbocycles. The van der Waals surface area contributed by atoms with Crippen LogP contribution in [0.1, 0.15) is 12.8 Å². The van der Waals surface area contributed by atoms with Crippen molar-refractivity contribution in [2.24, 2.45) is 5.92 Å². The fraction of sp³-hybridized carbons (Fsp3) is 0.429. The van der Waals surface area contributed by atoms with Crippen LogP contribution >= 0.6 is 12.4 Å². The summed E-state index contributed by atoms with van der Waals surface area (Å²) in [7, 11) is 0. The maximum atomic E-state index is 12.7. The van der Waals surface area contributed by atoms with Gasteiger partial charge in [-0.2, -0.15) is 0 Å². The highest BCUT2D eigenvalue weighted by Crippen LogP contribution is 2.16. The van der Waals surface area contributed by atoms with Gasteiger partial charge in [0.1, 0.15) is 5.82 Å². The molecule has 0 aromatic heterocycles. The summed E-state index contributed by atoms with van der Waals surface area (Å²) in [6.45, 7) is 1.75. The molecule has 1 saturated heterocycles. The van der Waals surface area contributed by atoms with Gasteiger partial charge in [0.2, 0.25) is 5.91 Å². The quantitative estimate of drug-likeness (QED) is 0.871. The standard InChI is InChI=1S/C14H17FN2O3.ClH/c15-11-1-3-12(4-2-11)16-13(18)6-8-17-7-5-10(9-17)14(19)20;/h1-4,10H,5-9H2,(H,16,18)(H,19,20);1H. The molecule has 5 nitrogen and oxygen atoms in total. The second-order valence-corrected chi connectivity index (χ2v) is 4.93. The molecule has 116 valence electrons. The van der Waals surface area contributed by atoms with E-state index in [4.69, 9.17) is 5.11 Å². The molecule has 2 rings (SSSR count). The van der Waals surface area contributed by atoms with E-state index < -0.39 is 5.97 Å². The Kier molecular flexibility index (Phi) is 6.58. The number of nitrogens with zero attached hydrogens (tertiary/aromatic N) is 1. The SMILES string of the molecule is Cl.O=C(CCN1CCC(C(=O)O)C1)Nc1ccc(F)cc1. The van der Waals surface area contributed by atoms with Crippen molar-refractivity contribution in [3.8, 4) is 0 Å². The van der Waals surface area contributed by atoms with E-state index >= 15 is 0 Å². The topological polar surface area (TPSA) is 69.6 Å². The molecule has 0 radical (unpaired) electrons. The Hall–Kier alpha value is -1.66. The van der Waals surface area contributed by atoms with Crippen molar-refractivity contribution in [3.63, 3.8) is 0 Å². The summed E-state index contributed by atoms with van der Waals surface area (Å²) in [4.78, 5) is 24.5. The van der Waals surface area contributed by atoms with Gasteiger partial charge in [-0.1, -0.05) is 0 Å². The second kappa shape index (κ2) is 7.95. The third kappa shape index (κ3) is 5.32. The lowest BCUT2D eigenvalue weighted by Crippen LogP contribution is -2.27. The van der Waals surface area contributed by atoms with Crippen LogP contribution in [0.3, 0.4) is 0 Å². The molecule has 1 amide bonds. The number of carbonyl (C=O) groups excluding carboxylic acids is 1. The Balaban J connectivity index is 0.00000220. The van der Waals surface area contributed by atoms with Gasteiger partial charge in [-0.15, -0.1) is 12.4 Å². The molecule has 2 N–H and O–H groups in total. The first-order valence-electron chi connectivity index (χ1n) is 6.55. The van der Waals surface area contributed by atoms with Gasteiger partial charge in [-0.25, -0.2) is 4.39 Å². The molecule has 7 heteroatoms. The molecule has 1 aromatic rings. The first kappa shape index (κ1) is 17.4. The molecular weight excluding hydrogens is 299 g/mol. The summed E-state index contributed by atoms with van der Waals surface area (Å²) in [6.07, 6.45) is 0.929. The van der Waals surface area contributed by atoms with E-state index in [2.05, 4.69) is 5.32 Å². The van der Waals surface area contributed by atoms with E-state index in [-0.39, 0.29) is 30.0 Å². The van der Waals surface area contributed by atoms with Crippen LogP contribution in [0.15, 0.2) is 24.3 Å². The highest BCUT2D eigenvalue weighted by atomic mass is 35.5. The number of carboxylic acid groups (broad SMARTS) is 1. The number of nitrogens with one attached hydrogen (secondary N) is 1. The van der Waals surface area contributed by atoms with Crippen molar-refractivity contribution in [2.45, 2.75) is 12.8 Å². The zero-order valence-corrected chi connectivity index (χ0v) is 12.2. The van der Waals surface area contributed by atoms with Gasteiger partial charge in [0.25, 0.3) is 0 Å². The summed E-state index contributed by atoms with van der Waals surface area (Å²) in [5, 5.41) is 11.6. The number of amides is 1. The average molecular weight is 317 g/mol. The third-order valence-electron chi connectivity index (χ3n) is 3.40. The number of anilines is 1. The molecule has 21 heavy (non-hydrogen) atoms. The molecule has 1 unspecified atom stereocenters. The number of halogens is 2. The van der Waals surface area contributed by atoms with Gasteiger partial charge in [-0.05, 0) is 37.2 Å². The van der Waals surface area contributed by atoms with Crippen molar-refractivity contribution < 1.29 is 19.1 Å². The van der Waals surface area contributed by atoms with Crippen molar-refractivity contribution in [1.29, 1.82) is 0 Å². The molecule has 1 atom stereocenters. The molecule has 0 aliphatic carbocycles. The molecule has 0 saturated carbocycles. The Morgan fingerprint density at radius 3 is 2.57 bits per heavy atom. The fourth-order valence-electron chi connectivity index (χ4n) is 2.25. The molecule has 1 heterocycles. The summed E-state index contributed by atoms with van der Waals surface area (Å²) >= 11 is 0. The van der Waals surface area contributed by atoms with Crippen LogP contribution in [0, 0.1) is 11.7 Å². The zero-order valence-electron chi connectivity index (χ0n) is 11.4. The van der Waals surface area contributed by atoms with Crippen LogP contribution in [0.25, 0.3) is 0 Å². The van der Waals surface area contributed by atoms with Crippen molar-refractivity contribution in [3.05, 3.63) is 30.1 Å². The normalized spacial score (nSPS) is 18.0. The van der Waals surface area contributed by atoms with E-state index in [0.717, 1.165) is 0 Å². The number of hydrogen-bond donors (Lipinski definition) is 2. The number of hydrogen-bond acceptors (Lipinski definition) is 3. The number of benzene rings is 1. The monoisotopic (exact) mass is 316 g/mol. The summed E-state index contributed by atoms with van der Waals surface area (Å²) in [6, 6.07) is 5.58. The average Bonchev–Trinajstić information content (AvgIpc) is 2.88. The molecule has 1 aliphatic heterocycles. The molecule has 1 fully saturated rings. The summed E-state index contributed by atoms with van der Waals surface area (Å²) < 4.78 is 12.7. The highest BCUT2D eigenvalue weighted by molar-refractivity contribution is 5.90. The lowest BCUT2D eigenvalue weighted by Gasteiger charge is -2.14. The Morgan fingerprint density at radius 1 is 1.33 bits per heavy atom. The van der Waals surface area contributed by atoms with Crippen LogP contribution in [0.2, 0.25) is 0 Å². The second-order valence-electron chi connectivity index (χ2n) is 4.93. The van der Waals surface area contributed by atoms with Crippen LogP contribution < -0.4 is 5.32 Å². The zero-order chi connectivity index (χ0) is 14.5. The van der Waals surface area contributed by atoms with Crippen LogP contribution in [0.4, 0.5) is 10.1 Å². The highest BCUT2D eigenvalue weighted by Gasteiger charge is 2.27. The van der Waals surface area contributed by atoms with Gasteiger partial charge >= 0.3 is 5.97 Å². The lowest BCUT2D eigenvalue weighted by molar-refractivity contribution is -0.141. The largest absolute Gasteiger partial charge is 0.481 e. The molecule has 0 spiro atoms. The van der Waals surface area contributed by atoms with Crippen molar-refractivity contribution in [1.82, 2.24) is 4.90 Å². The number of aliphatic carboxylic acids is 1. The number of likely N-dealkylation sites (tertiary alicyclic amines) is 1. The number of carbonyl (C=O) groups is 2. The predicted molar refractivity (Wildman–Crippen MR) is 79.1 cm³/mol. The van der Waals surface area contributed by atoms with Gasteiger partial charge in [0.15, 0.2) is 0 Å². The molecule has 0 bridgehead atoms. The van der Waals surface area contributed by atoms with Gasteiger partial charge in [0.05, 0.1) is 5.92 Å². The summed E-state index contributed by atoms with van der Waals surface area (Å²) in [5.41, 5.74) is 0.557. The molecule has 1 aliphatic rings.